The summed E-state index contributed by atoms with van der Waals surface area (Å²) in [5, 5.41) is 8.61. The first kappa shape index (κ1) is 20.2. The Morgan fingerprint density at radius 3 is 2.62 bits per heavy atom. The third-order valence-electron chi connectivity index (χ3n) is 5.77. The molecule has 6 aromatic rings. The average Bonchev–Trinajstić information content (AvgIpc) is 3.48. The van der Waals surface area contributed by atoms with Gasteiger partial charge in [0.15, 0.2) is 5.82 Å². The molecule has 0 fully saturated rings. The Morgan fingerprint density at radius 2 is 1.76 bits per heavy atom. The van der Waals surface area contributed by atoms with Crippen LogP contribution in [0.5, 0.6) is 0 Å². The third-order valence-corrected chi connectivity index (χ3v) is 5.77. The maximum absolute atomic E-state index is 4.93. The van der Waals surface area contributed by atoms with Crippen LogP contribution >= 0.6 is 0 Å². The van der Waals surface area contributed by atoms with Crippen LogP contribution < -0.4 is 0 Å². The molecule has 8 heteroatoms. The van der Waals surface area contributed by atoms with Crippen LogP contribution in [-0.2, 0) is 6.54 Å². The SMILES string of the molecule is CN(C)Cc1cncc(-c2cc3c(-c4nc5c(-c6ccncc6)cccc5[nH]4)n[nH]c3cn2)c1. The molecule has 0 saturated heterocycles. The molecule has 1 aromatic carbocycles. The van der Waals surface area contributed by atoms with E-state index in [1.165, 1.54) is 0 Å². The minimum atomic E-state index is 0.708. The number of H-pyrrole nitrogens is 2. The van der Waals surface area contributed by atoms with Gasteiger partial charge in [0.05, 0.1) is 28.4 Å². The first-order valence-electron chi connectivity index (χ1n) is 11.0. The smallest absolute Gasteiger partial charge is 0.159 e. The van der Waals surface area contributed by atoms with E-state index >= 15 is 0 Å². The molecule has 0 aliphatic heterocycles. The van der Waals surface area contributed by atoms with E-state index in [0.29, 0.717) is 5.82 Å². The number of pyridine rings is 3. The van der Waals surface area contributed by atoms with Crippen molar-refractivity contribution in [3.05, 3.63) is 79.0 Å². The number of imidazole rings is 1. The molecular formula is C26H22N8. The summed E-state index contributed by atoms with van der Waals surface area (Å²) >= 11 is 0. The molecule has 0 amide bonds. The van der Waals surface area contributed by atoms with Crippen LogP contribution in [0.15, 0.2) is 73.4 Å². The molecule has 0 saturated carbocycles. The Morgan fingerprint density at radius 1 is 0.882 bits per heavy atom. The molecular weight excluding hydrogens is 424 g/mol. The number of nitrogens with zero attached hydrogens (tertiary/aromatic N) is 6. The Kier molecular flexibility index (Phi) is 4.85. The summed E-state index contributed by atoms with van der Waals surface area (Å²) < 4.78 is 0. The number of benzene rings is 1. The van der Waals surface area contributed by atoms with Crippen LogP contribution in [0.4, 0.5) is 0 Å². The number of fused-ring (bicyclic) bond motifs is 2. The van der Waals surface area contributed by atoms with Crippen LogP contribution in [-0.4, -0.2) is 54.1 Å². The largest absolute Gasteiger partial charge is 0.337 e. The van der Waals surface area contributed by atoms with Gasteiger partial charge in [0.25, 0.3) is 0 Å². The van der Waals surface area contributed by atoms with Gasteiger partial charge in [-0.1, -0.05) is 12.1 Å². The fourth-order valence-electron chi connectivity index (χ4n) is 4.24. The van der Waals surface area contributed by atoms with Crippen molar-refractivity contribution in [1.29, 1.82) is 0 Å². The summed E-state index contributed by atoms with van der Waals surface area (Å²) in [6, 6.07) is 14.3. The Hall–Kier alpha value is -4.43. The molecule has 2 N–H and O–H groups in total. The van der Waals surface area contributed by atoms with Gasteiger partial charge in [-0.05, 0) is 55.6 Å². The van der Waals surface area contributed by atoms with E-state index in [1.807, 2.05) is 63.0 Å². The van der Waals surface area contributed by atoms with E-state index in [-0.39, 0.29) is 0 Å². The molecule has 5 heterocycles. The molecule has 0 radical (unpaired) electrons. The van der Waals surface area contributed by atoms with E-state index in [1.54, 1.807) is 12.4 Å². The van der Waals surface area contributed by atoms with E-state index in [2.05, 4.69) is 47.2 Å². The van der Waals surface area contributed by atoms with Crippen molar-refractivity contribution in [2.24, 2.45) is 0 Å². The van der Waals surface area contributed by atoms with Crippen LogP contribution in [0, 0.1) is 0 Å². The normalized spacial score (nSPS) is 11.6. The summed E-state index contributed by atoms with van der Waals surface area (Å²) in [6.07, 6.45) is 9.12. The van der Waals surface area contributed by atoms with Crippen molar-refractivity contribution in [1.82, 2.24) is 40.0 Å². The molecule has 6 rings (SSSR count). The molecule has 0 unspecified atom stereocenters. The zero-order valence-corrected chi connectivity index (χ0v) is 18.8. The van der Waals surface area contributed by atoms with Gasteiger partial charge in [0.2, 0.25) is 0 Å². The van der Waals surface area contributed by atoms with E-state index in [9.17, 15) is 0 Å². The Balaban J connectivity index is 1.45. The molecule has 0 aliphatic carbocycles. The topological polar surface area (TPSA) is 99.3 Å². The van der Waals surface area contributed by atoms with Crippen LogP contribution in [0.3, 0.4) is 0 Å². The second kappa shape index (κ2) is 8.17. The summed E-state index contributed by atoms with van der Waals surface area (Å²) in [4.78, 5) is 23.7. The lowest BCUT2D eigenvalue weighted by Crippen LogP contribution is -2.10. The fraction of sp³-hybridized carbons (Fsp3) is 0.115. The number of aromatic nitrogens is 7. The predicted molar refractivity (Wildman–Crippen MR) is 133 cm³/mol. The summed E-state index contributed by atoms with van der Waals surface area (Å²) in [5.74, 6) is 0.708. The highest BCUT2D eigenvalue weighted by Crippen LogP contribution is 2.32. The fourth-order valence-corrected chi connectivity index (χ4v) is 4.24. The van der Waals surface area contributed by atoms with Gasteiger partial charge in [0.1, 0.15) is 5.69 Å². The van der Waals surface area contributed by atoms with Crippen molar-refractivity contribution in [2.75, 3.05) is 14.1 Å². The van der Waals surface area contributed by atoms with E-state index in [0.717, 1.165) is 62.1 Å². The highest BCUT2D eigenvalue weighted by atomic mass is 15.1. The van der Waals surface area contributed by atoms with Gasteiger partial charge in [-0.25, -0.2) is 4.98 Å². The second-order valence-electron chi connectivity index (χ2n) is 8.53. The van der Waals surface area contributed by atoms with Crippen molar-refractivity contribution < 1.29 is 0 Å². The van der Waals surface area contributed by atoms with Gasteiger partial charge >= 0.3 is 0 Å². The lowest BCUT2D eigenvalue weighted by Gasteiger charge is -2.10. The summed E-state index contributed by atoms with van der Waals surface area (Å²) in [5.41, 5.74) is 8.53. The molecule has 0 bridgehead atoms. The zero-order valence-electron chi connectivity index (χ0n) is 18.8. The minimum Gasteiger partial charge on any atom is -0.337 e. The van der Waals surface area contributed by atoms with Crippen LogP contribution in [0.25, 0.3) is 55.8 Å². The molecule has 5 aromatic heterocycles. The van der Waals surface area contributed by atoms with Crippen molar-refractivity contribution in [2.45, 2.75) is 6.54 Å². The zero-order chi connectivity index (χ0) is 23.1. The van der Waals surface area contributed by atoms with Crippen LogP contribution in [0.1, 0.15) is 5.56 Å². The first-order chi connectivity index (χ1) is 16.7. The van der Waals surface area contributed by atoms with Gasteiger partial charge in [-0.2, -0.15) is 5.10 Å². The maximum Gasteiger partial charge on any atom is 0.159 e. The number of hydrogen-bond acceptors (Lipinski definition) is 6. The summed E-state index contributed by atoms with van der Waals surface area (Å²) in [7, 11) is 4.09. The van der Waals surface area contributed by atoms with Gasteiger partial charge < -0.3 is 9.88 Å². The second-order valence-corrected chi connectivity index (χ2v) is 8.53. The Labute approximate surface area is 195 Å². The lowest BCUT2D eigenvalue weighted by atomic mass is 10.1. The Bertz CT molecular complexity index is 1610. The lowest BCUT2D eigenvalue weighted by molar-refractivity contribution is 0.402. The highest BCUT2D eigenvalue weighted by Gasteiger charge is 2.16. The number of hydrogen-bond donors (Lipinski definition) is 2. The third kappa shape index (κ3) is 3.60. The molecule has 0 atom stereocenters. The average molecular weight is 447 g/mol. The van der Waals surface area contributed by atoms with Crippen molar-refractivity contribution >= 4 is 21.9 Å². The van der Waals surface area contributed by atoms with E-state index in [4.69, 9.17) is 4.98 Å². The monoisotopic (exact) mass is 446 g/mol. The van der Waals surface area contributed by atoms with Gasteiger partial charge in [-0.3, -0.25) is 20.1 Å². The molecule has 0 aliphatic rings. The highest BCUT2D eigenvalue weighted by molar-refractivity contribution is 5.97. The maximum atomic E-state index is 4.93. The molecule has 0 spiro atoms. The van der Waals surface area contributed by atoms with Crippen molar-refractivity contribution in [3.63, 3.8) is 0 Å². The number of para-hydroxylation sites is 1. The first-order valence-corrected chi connectivity index (χ1v) is 11.0. The van der Waals surface area contributed by atoms with Gasteiger partial charge in [-0.15, -0.1) is 0 Å². The van der Waals surface area contributed by atoms with Gasteiger partial charge in [0, 0.05) is 47.8 Å². The molecule has 34 heavy (non-hydrogen) atoms. The quantitative estimate of drug-likeness (QED) is 0.399. The minimum absolute atomic E-state index is 0.708. The van der Waals surface area contributed by atoms with Crippen LogP contribution in [0.2, 0.25) is 0 Å². The molecule has 166 valence electrons. The number of rotatable bonds is 5. The van der Waals surface area contributed by atoms with E-state index < -0.39 is 0 Å². The number of aromatic amines is 2. The standard InChI is InChI=1S/C26H22N8/c1-34(2)15-16-10-18(13-28-12-16)22-11-20-23(14-29-22)32-33-25(20)26-30-21-5-3-4-19(24(21)31-26)17-6-8-27-9-7-17/h3-14H,15H2,1-2H3,(H,30,31)(H,32,33). The predicted octanol–water partition coefficient (Wildman–Crippen LogP) is 4.69. The summed E-state index contributed by atoms with van der Waals surface area (Å²) in [6.45, 7) is 0.818. The van der Waals surface area contributed by atoms with Crippen molar-refractivity contribution in [3.8, 4) is 33.9 Å². The number of nitrogens with one attached hydrogen (secondary N) is 2. The molecule has 8 nitrogen and oxygen atoms in total.